The molecule has 1 aliphatic rings. The maximum Gasteiger partial charge on any atom is 0.338 e. The van der Waals surface area contributed by atoms with Crippen molar-refractivity contribution in [1.29, 1.82) is 0 Å². The van der Waals surface area contributed by atoms with Crippen molar-refractivity contribution in [3.63, 3.8) is 0 Å². The Bertz CT molecular complexity index is 1310. The van der Waals surface area contributed by atoms with Crippen LogP contribution in [0.3, 0.4) is 0 Å². The molecule has 0 saturated carbocycles. The molecule has 2 heterocycles. The lowest BCUT2D eigenvalue weighted by Gasteiger charge is -2.28. The van der Waals surface area contributed by atoms with Gasteiger partial charge in [-0.2, -0.15) is 4.98 Å². The number of halogens is 2. The summed E-state index contributed by atoms with van der Waals surface area (Å²) in [5.41, 5.74) is 2.73. The van der Waals surface area contributed by atoms with Crippen LogP contribution in [-0.2, 0) is 16.1 Å². The number of thioether (sulfide) groups is 1. The second-order valence-electron chi connectivity index (χ2n) is 8.02. The first kappa shape index (κ1) is 26.2. The first-order valence-corrected chi connectivity index (χ1v) is 13.0. The molecule has 2 aromatic carbocycles. The highest BCUT2D eigenvalue weighted by atomic mass is 35.5. The third-order valence-corrected chi connectivity index (χ3v) is 7.34. The van der Waals surface area contributed by atoms with Crippen molar-refractivity contribution in [2.24, 2.45) is 0 Å². The minimum atomic E-state index is -0.560. The summed E-state index contributed by atoms with van der Waals surface area (Å²) in [5.74, 6) is 2.05. The summed E-state index contributed by atoms with van der Waals surface area (Å²) in [6.07, 6.45) is 0.997. The molecule has 1 atom stereocenters. The molecular weight excluding hydrogens is 523 g/mol. The third kappa shape index (κ3) is 5.43. The molecular formula is C25H26Cl2N4O4S. The highest BCUT2D eigenvalue weighted by Crippen LogP contribution is 2.40. The van der Waals surface area contributed by atoms with Gasteiger partial charge in [-0.05, 0) is 48.7 Å². The van der Waals surface area contributed by atoms with Crippen LogP contribution in [0, 0.1) is 0 Å². The van der Waals surface area contributed by atoms with Crippen LogP contribution in [0.4, 0.5) is 5.95 Å². The van der Waals surface area contributed by atoms with Gasteiger partial charge in [0.1, 0.15) is 12.6 Å². The number of rotatable bonds is 9. The van der Waals surface area contributed by atoms with Gasteiger partial charge in [0.2, 0.25) is 11.1 Å². The molecule has 1 unspecified atom stereocenters. The number of hydrogen-bond acceptors (Lipinski definition) is 8. The highest BCUT2D eigenvalue weighted by Gasteiger charge is 2.35. The van der Waals surface area contributed by atoms with Crippen molar-refractivity contribution in [3.8, 4) is 11.5 Å². The number of ether oxygens (including phenoxy) is 3. The van der Waals surface area contributed by atoms with E-state index in [0.29, 0.717) is 43.9 Å². The van der Waals surface area contributed by atoms with Gasteiger partial charge in [-0.3, -0.25) is 0 Å². The first-order valence-electron chi connectivity index (χ1n) is 11.3. The molecule has 0 spiro atoms. The molecule has 0 amide bonds. The van der Waals surface area contributed by atoms with Crippen LogP contribution in [0.2, 0.25) is 10.0 Å². The van der Waals surface area contributed by atoms with Gasteiger partial charge in [-0.1, -0.05) is 54.0 Å². The smallest absolute Gasteiger partial charge is 0.338 e. The minimum absolute atomic E-state index is 0.275. The number of allylic oxidation sites excluding steroid dienone is 1. The summed E-state index contributed by atoms with van der Waals surface area (Å²) >= 11 is 13.7. The van der Waals surface area contributed by atoms with Gasteiger partial charge in [0.25, 0.3) is 0 Å². The first-order chi connectivity index (χ1) is 17.4. The molecule has 36 heavy (non-hydrogen) atoms. The largest absolute Gasteiger partial charge is 0.493 e. The van der Waals surface area contributed by atoms with Crippen LogP contribution in [0.15, 0.2) is 52.8 Å². The normalized spacial score (nSPS) is 14.8. The molecule has 0 radical (unpaired) electrons. The Kier molecular flexibility index (Phi) is 8.33. The number of carbonyl (C=O) groups excluding carboxylic acids is 1. The Hall–Kier alpha value is -2.88. The van der Waals surface area contributed by atoms with E-state index in [1.165, 1.54) is 7.11 Å². The Balaban J connectivity index is 1.69. The molecule has 190 valence electrons. The summed E-state index contributed by atoms with van der Waals surface area (Å²) in [4.78, 5) is 17.4. The number of hydrogen-bond donors (Lipinski definition) is 1. The van der Waals surface area contributed by atoms with Gasteiger partial charge < -0.3 is 19.5 Å². The van der Waals surface area contributed by atoms with Crippen molar-refractivity contribution >= 4 is 46.9 Å². The maximum atomic E-state index is 12.8. The lowest BCUT2D eigenvalue weighted by molar-refractivity contribution is -0.136. The zero-order valence-corrected chi connectivity index (χ0v) is 22.6. The molecule has 0 fully saturated rings. The van der Waals surface area contributed by atoms with Crippen molar-refractivity contribution in [1.82, 2.24) is 14.8 Å². The van der Waals surface area contributed by atoms with Crippen molar-refractivity contribution in [3.05, 3.63) is 68.8 Å². The maximum absolute atomic E-state index is 12.8. The predicted molar refractivity (Wildman–Crippen MR) is 141 cm³/mol. The average Bonchev–Trinajstić information content (AvgIpc) is 3.29. The zero-order chi connectivity index (χ0) is 25.8. The minimum Gasteiger partial charge on any atom is -0.493 e. The number of nitrogens with one attached hydrogen (secondary N) is 1. The van der Waals surface area contributed by atoms with Crippen LogP contribution in [-0.4, -0.2) is 40.7 Å². The van der Waals surface area contributed by atoms with Crippen LogP contribution < -0.4 is 14.8 Å². The summed E-state index contributed by atoms with van der Waals surface area (Å²) in [6, 6.07) is 10.3. The van der Waals surface area contributed by atoms with Gasteiger partial charge >= 0.3 is 5.97 Å². The standard InChI is InChI=1S/C25H26Cl2N4O4S/c1-5-10-36-25-29-24-28-14(2)21(23(32)34-4)22(31(24)30-25)16-7-9-19(20(12-16)33-3)35-13-15-6-8-17(26)18(27)11-15/h6-9,11-12,22H,5,10,13H2,1-4H3,(H,28,29,30). The van der Waals surface area contributed by atoms with E-state index in [4.69, 9.17) is 37.4 Å². The Morgan fingerprint density at radius 2 is 1.94 bits per heavy atom. The van der Waals surface area contributed by atoms with Gasteiger partial charge in [0.15, 0.2) is 11.5 Å². The van der Waals surface area contributed by atoms with E-state index in [1.807, 2.05) is 25.1 Å². The number of nitrogens with zero attached hydrogens (tertiary/aromatic N) is 3. The summed E-state index contributed by atoms with van der Waals surface area (Å²) in [5, 5.41) is 9.45. The quantitative estimate of drug-likeness (QED) is 0.252. The van der Waals surface area contributed by atoms with E-state index >= 15 is 0 Å². The number of benzene rings is 2. The second kappa shape index (κ2) is 11.5. The van der Waals surface area contributed by atoms with Crippen molar-refractivity contribution < 1.29 is 19.0 Å². The second-order valence-corrected chi connectivity index (χ2v) is 9.89. The molecule has 4 rings (SSSR count). The topological polar surface area (TPSA) is 87.5 Å². The van der Waals surface area contributed by atoms with Gasteiger partial charge in [0, 0.05) is 11.4 Å². The van der Waals surface area contributed by atoms with E-state index in [1.54, 1.807) is 41.8 Å². The molecule has 3 aromatic rings. The Labute approximate surface area is 223 Å². The van der Waals surface area contributed by atoms with Crippen molar-refractivity contribution in [2.45, 2.75) is 38.1 Å². The predicted octanol–water partition coefficient (Wildman–Crippen LogP) is 6.14. The molecule has 0 bridgehead atoms. The van der Waals surface area contributed by atoms with Crippen molar-refractivity contribution in [2.75, 3.05) is 25.3 Å². The summed E-state index contributed by atoms with van der Waals surface area (Å²) < 4.78 is 18.5. The van der Waals surface area contributed by atoms with Crippen LogP contribution in [0.5, 0.6) is 11.5 Å². The van der Waals surface area contributed by atoms with Gasteiger partial charge in [0.05, 0.1) is 29.8 Å². The number of aromatic nitrogens is 3. The lowest BCUT2D eigenvalue weighted by atomic mass is 9.95. The number of methoxy groups -OCH3 is 2. The monoisotopic (exact) mass is 548 g/mol. The van der Waals surface area contributed by atoms with E-state index < -0.39 is 12.0 Å². The highest BCUT2D eigenvalue weighted by molar-refractivity contribution is 7.99. The number of fused-ring (bicyclic) bond motifs is 1. The van der Waals surface area contributed by atoms with E-state index in [-0.39, 0.29) is 6.61 Å². The molecule has 8 nitrogen and oxygen atoms in total. The van der Waals surface area contributed by atoms with Crippen LogP contribution >= 0.6 is 35.0 Å². The fraction of sp³-hybridized carbons (Fsp3) is 0.320. The fourth-order valence-corrected chi connectivity index (χ4v) is 4.84. The molecule has 0 saturated heterocycles. The molecule has 1 aliphatic heterocycles. The van der Waals surface area contributed by atoms with E-state index in [9.17, 15) is 4.79 Å². The van der Waals surface area contributed by atoms with Gasteiger partial charge in [-0.15, -0.1) is 5.10 Å². The van der Waals surface area contributed by atoms with Gasteiger partial charge in [-0.25, -0.2) is 9.48 Å². The summed E-state index contributed by atoms with van der Waals surface area (Å²) in [6.45, 7) is 4.20. The average molecular weight is 549 g/mol. The van der Waals surface area contributed by atoms with E-state index in [2.05, 4.69) is 22.3 Å². The summed E-state index contributed by atoms with van der Waals surface area (Å²) in [7, 11) is 2.93. The zero-order valence-electron chi connectivity index (χ0n) is 20.3. The Morgan fingerprint density at radius 1 is 1.14 bits per heavy atom. The third-order valence-electron chi connectivity index (χ3n) is 5.56. The number of carbonyl (C=O) groups is 1. The molecule has 1 aromatic heterocycles. The lowest BCUT2D eigenvalue weighted by Crippen LogP contribution is -2.29. The molecule has 1 N–H and O–H groups in total. The Morgan fingerprint density at radius 3 is 2.64 bits per heavy atom. The number of esters is 1. The van der Waals surface area contributed by atoms with Crippen LogP contribution in [0.25, 0.3) is 0 Å². The molecule has 0 aliphatic carbocycles. The number of anilines is 1. The van der Waals surface area contributed by atoms with E-state index in [0.717, 1.165) is 23.3 Å². The molecule has 11 heteroatoms. The fourth-order valence-electron chi connectivity index (χ4n) is 3.83. The SMILES string of the molecule is CCCSc1nc2n(n1)C(c1ccc(OCc3ccc(Cl)c(Cl)c3)c(OC)c1)C(C(=O)OC)=C(C)N2. The van der Waals surface area contributed by atoms with Crippen LogP contribution in [0.1, 0.15) is 37.4 Å².